The number of carbonyl (C=O) groups is 2. The smallest absolute Gasteiger partial charge is 0.419 e. The maximum Gasteiger partial charge on any atom is 0.419 e. The fraction of sp³-hybridized carbons (Fsp3) is 0.542. The molecule has 2 unspecified atom stereocenters. The quantitative estimate of drug-likeness (QED) is 0.354. The Labute approximate surface area is 217 Å². The number of rotatable bonds is 6. The third kappa shape index (κ3) is 8.00. The number of anilines is 1. The van der Waals surface area contributed by atoms with Gasteiger partial charge in [0, 0.05) is 17.1 Å². The Kier molecular flexibility index (Phi) is 9.66. The summed E-state index contributed by atoms with van der Waals surface area (Å²) < 4.78 is 55.5. The summed E-state index contributed by atoms with van der Waals surface area (Å²) in [7, 11) is 1.44. The van der Waals surface area contributed by atoms with Gasteiger partial charge in [-0.1, -0.05) is 11.6 Å². The van der Waals surface area contributed by atoms with E-state index in [0.717, 1.165) is 6.08 Å². The van der Waals surface area contributed by atoms with E-state index >= 15 is 0 Å². The second-order valence-electron chi connectivity index (χ2n) is 8.68. The summed E-state index contributed by atoms with van der Waals surface area (Å²) in [6.07, 6.45) is -4.90. The largest absolute Gasteiger partial charge is 0.495 e. The van der Waals surface area contributed by atoms with Crippen LogP contribution in [0.5, 0.6) is 5.75 Å². The first-order valence-electron chi connectivity index (χ1n) is 11.9. The topological polar surface area (TPSA) is 110 Å². The summed E-state index contributed by atoms with van der Waals surface area (Å²) in [4.78, 5) is 28.6. The molecule has 3 rings (SSSR count). The SMILES string of the molecule is CCOC(=O)NC1CCC(N/C(=N\C(=O)C2=CC(C)OC2C(F)(F)F)Nc2cc(Cl)ccc2OC)CC1. The molecule has 0 saturated heterocycles. The Bertz CT molecular complexity index is 1040. The van der Waals surface area contributed by atoms with Crippen LogP contribution in [0.3, 0.4) is 0 Å². The van der Waals surface area contributed by atoms with Crippen LogP contribution in [-0.2, 0) is 14.3 Å². The van der Waals surface area contributed by atoms with Crippen LogP contribution in [0.25, 0.3) is 0 Å². The van der Waals surface area contributed by atoms with Crippen molar-refractivity contribution in [3.63, 3.8) is 0 Å². The van der Waals surface area contributed by atoms with Gasteiger partial charge in [-0.25, -0.2) is 4.79 Å². The fourth-order valence-electron chi connectivity index (χ4n) is 4.19. The Balaban J connectivity index is 1.80. The highest BCUT2D eigenvalue weighted by Gasteiger charge is 2.49. The van der Waals surface area contributed by atoms with Crippen LogP contribution in [0.1, 0.15) is 39.5 Å². The zero-order valence-corrected chi connectivity index (χ0v) is 21.4. The molecule has 1 fully saturated rings. The lowest BCUT2D eigenvalue weighted by atomic mass is 9.91. The van der Waals surface area contributed by atoms with Crippen LogP contribution in [-0.4, -0.2) is 62.1 Å². The molecule has 1 aliphatic heterocycles. The van der Waals surface area contributed by atoms with Crippen LogP contribution in [0.15, 0.2) is 34.8 Å². The summed E-state index contributed by atoms with van der Waals surface area (Å²) in [5.41, 5.74) is -0.217. The van der Waals surface area contributed by atoms with Gasteiger partial charge in [-0.2, -0.15) is 18.2 Å². The van der Waals surface area contributed by atoms with E-state index in [0.29, 0.717) is 42.1 Å². The number of benzene rings is 1. The average Bonchev–Trinajstić information content (AvgIpc) is 3.23. The lowest BCUT2D eigenvalue weighted by Crippen LogP contribution is -2.46. The number of amides is 2. The van der Waals surface area contributed by atoms with Gasteiger partial charge < -0.3 is 30.2 Å². The fourth-order valence-corrected chi connectivity index (χ4v) is 4.36. The van der Waals surface area contributed by atoms with E-state index in [9.17, 15) is 22.8 Å². The Morgan fingerprint density at radius 1 is 1.16 bits per heavy atom. The second-order valence-corrected chi connectivity index (χ2v) is 9.11. The van der Waals surface area contributed by atoms with Crippen LogP contribution >= 0.6 is 11.6 Å². The number of nitrogens with zero attached hydrogens (tertiary/aromatic N) is 1. The van der Waals surface area contributed by atoms with E-state index in [4.69, 9.17) is 25.8 Å². The van der Waals surface area contributed by atoms with Gasteiger partial charge in [-0.3, -0.25) is 4.79 Å². The first kappa shape index (κ1) is 28.6. The highest BCUT2D eigenvalue weighted by Crippen LogP contribution is 2.34. The molecule has 13 heteroatoms. The molecule has 3 N–H and O–H groups in total. The molecule has 1 heterocycles. The van der Waals surface area contributed by atoms with E-state index in [-0.39, 0.29) is 24.7 Å². The number of nitrogens with one attached hydrogen (secondary N) is 3. The first-order chi connectivity index (χ1) is 17.5. The van der Waals surface area contributed by atoms with E-state index < -0.39 is 36.0 Å². The van der Waals surface area contributed by atoms with Gasteiger partial charge >= 0.3 is 12.3 Å². The molecule has 2 aliphatic rings. The van der Waals surface area contributed by atoms with Crippen molar-refractivity contribution >= 4 is 35.2 Å². The number of hydrogen-bond donors (Lipinski definition) is 3. The molecule has 0 spiro atoms. The molecule has 1 aliphatic carbocycles. The molecule has 204 valence electrons. The number of guanidine groups is 1. The maximum atomic E-state index is 13.5. The van der Waals surface area contributed by atoms with Gasteiger partial charge in [0.25, 0.3) is 5.91 Å². The molecule has 2 atom stereocenters. The molecular weight excluding hydrogens is 517 g/mol. The van der Waals surface area contributed by atoms with E-state index in [2.05, 4.69) is 20.9 Å². The Morgan fingerprint density at radius 3 is 2.41 bits per heavy atom. The van der Waals surface area contributed by atoms with Gasteiger partial charge in [0.15, 0.2) is 6.10 Å². The molecule has 0 radical (unpaired) electrons. The second kappa shape index (κ2) is 12.5. The van der Waals surface area contributed by atoms with Crippen LogP contribution in [0.4, 0.5) is 23.7 Å². The molecule has 0 aromatic heterocycles. The van der Waals surface area contributed by atoms with Gasteiger partial charge in [0.05, 0.1) is 31.1 Å². The first-order valence-corrected chi connectivity index (χ1v) is 12.2. The predicted molar refractivity (Wildman–Crippen MR) is 132 cm³/mol. The van der Waals surface area contributed by atoms with Crippen molar-refractivity contribution in [2.24, 2.45) is 4.99 Å². The van der Waals surface area contributed by atoms with Gasteiger partial charge in [-0.05, 0) is 63.8 Å². The third-order valence-corrected chi connectivity index (χ3v) is 6.12. The van der Waals surface area contributed by atoms with Crippen molar-refractivity contribution in [1.82, 2.24) is 10.6 Å². The monoisotopic (exact) mass is 546 g/mol. The van der Waals surface area contributed by atoms with Gasteiger partial charge in [0.2, 0.25) is 5.96 Å². The number of methoxy groups -OCH3 is 1. The third-order valence-electron chi connectivity index (χ3n) is 5.89. The number of aliphatic imine (C=N–C) groups is 1. The van der Waals surface area contributed by atoms with Gasteiger partial charge in [0.1, 0.15) is 5.75 Å². The van der Waals surface area contributed by atoms with E-state index in [1.807, 2.05) is 0 Å². The molecule has 1 saturated carbocycles. The normalized spacial score (nSPS) is 24.2. The van der Waals surface area contributed by atoms with Crippen molar-refractivity contribution in [2.45, 2.75) is 70.0 Å². The molecule has 37 heavy (non-hydrogen) atoms. The van der Waals surface area contributed by atoms with Crippen LogP contribution in [0, 0.1) is 0 Å². The summed E-state index contributed by atoms with van der Waals surface area (Å²) in [6.45, 7) is 3.40. The maximum absolute atomic E-state index is 13.5. The van der Waals surface area contributed by atoms with E-state index in [1.54, 1.807) is 25.1 Å². The number of ether oxygens (including phenoxy) is 3. The highest BCUT2D eigenvalue weighted by molar-refractivity contribution is 6.31. The van der Waals surface area contributed by atoms with Crippen molar-refractivity contribution in [3.8, 4) is 5.75 Å². The number of halogens is 4. The van der Waals surface area contributed by atoms with Crippen molar-refractivity contribution < 1.29 is 37.0 Å². The molecule has 1 aromatic carbocycles. The summed E-state index contributed by atoms with van der Waals surface area (Å²) in [5.74, 6) is -0.757. The zero-order chi connectivity index (χ0) is 27.2. The minimum Gasteiger partial charge on any atom is -0.495 e. The lowest BCUT2D eigenvalue weighted by Gasteiger charge is -2.30. The van der Waals surface area contributed by atoms with Crippen LogP contribution in [0.2, 0.25) is 5.02 Å². The zero-order valence-electron chi connectivity index (χ0n) is 20.7. The standard InChI is InChI=1S/C24H30ClF3N4O5/c1-4-36-23(34)30-16-8-6-15(7-9-16)29-22(31-18-12-14(25)5-10-19(18)35-3)32-21(33)17-11-13(2)37-20(17)24(26,27)28/h5,10-13,15-16,20H,4,6-9H2,1-3H3,(H,30,34)(H2,29,31,32,33). The Hall–Kier alpha value is -2.99. The molecular formula is C24H30ClF3N4O5. The summed E-state index contributed by atoms with van der Waals surface area (Å²) in [5, 5.41) is 9.23. The molecule has 0 bridgehead atoms. The number of hydrogen-bond acceptors (Lipinski definition) is 5. The predicted octanol–water partition coefficient (Wildman–Crippen LogP) is 4.57. The number of alkyl carbamates (subject to hydrolysis) is 1. The highest BCUT2D eigenvalue weighted by atomic mass is 35.5. The van der Waals surface area contributed by atoms with Crippen molar-refractivity contribution in [3.05, 3.63) is 34.9 Å². The molecule has 1 aromatic rings. The molecule has 9 nitrogen and oxygen atoms in total. The average molecular weight is 547 g/mol. The minimum absolute atomic E-state index is 0.0613. The number of carbonyl (C=O) groups excluding carboxylic acids is 2. The summed E-state index contributed by atoms with van der Waals surface area (Å²) in [6, 6.07) is 4.51. The van der Waals surface area contributed by atoms with Crippen molar-refractivity contribution in [1.29, 1.82) is 0 Å². The number of alkyl halides is 3. The van der Waals surface area contributed by atoms with Crippen LogP contribution < -0.4 is 20.7 Å². The Morgan fingerprint density at radius 2 is 1.81 bits per heavy atom. The van der Waals surface area contributed by atoms with Gasteiger partial charge in [-0.15, -0.1) is 0 Å². The van der Waals surface area contributed by atoms with Crippen molar-refractivity contribution in [2.75, 3.05) is 19.0 Å². The minimum atomic E-state index is -4.76. The molecule has 2 amide bonds. The van der Waals surface area contributed by atoms with E-state index in [1.165, 1.54) is 14.0 Å². The lowest BCUT2D eigenvalue weighted by molar-refractivity contribution is -0.207. The summed E-state index contributed by atoms with van der Waals surface area (Å²) >= 11 is 6.11.